The van der Waals surface area contributed by atoms with Crippen molar-refractivity contribution in [2.24, 2.45) is 5.92 Å². The predicted molar refractivity (Wildman–Crippen MR) is 80.0 cm³/mol. The number of hydrogen-bond acceptors (Lipinski definition) is 5. The van der Waals surface area contributed by atoms with E-state index in [4.69, 9.17) is 0 Å². The number of nitrogens with one attached hydrogen (secondary N) is 1. The molecule has 0 bridgehead atoms. The summed E-state index contributed by atoms with van der Waals surface area (Å²) in [6.45, 7) is 3.61. The average Bonchev–Trinajstić information content (AvgIpc) is 2.46. The Morgan fingerprint density at radius 1 is 1.43 bits per heavy atom. The van der Waals surface area contributed by atoms with E-state index in [0.717, 1.165) is 32.0 Å². The summed E-state index contributed by atoms with van der Waals surface area (Å²) >= 11 is 0. The zero-order valence-electron chi connectivity index (χ0n) is 12.1. The molecule has 1 N–H and O–H groups in total. The Morgan fingerprint density at radius 3 is 2.71 bits per heavy atom. The van der Waals surface area contributed by atoms with Gasteiger partial charge in [0.05, 0.1) is 9.82 Å². The Hall–Kier alpha value is -1.67. The maximum Gasteiger partial charge on any atom is 0.293 e. The minimum Gasteiger partial charge on any atom is -0.366 e. The van der Waals surface area contributed by atoms with E-state index >= 15 is 0 Å². The van der Waals surface area contributed by atoms with Crippen LogP contribution >= 0.6 is 0 Å². The molecule has 1 aliphatic heterocycles. The molecule has 0 aromatic heterocycles. The monoisotopic (exact) mass is 313 g/mol. The minimum atomic E-state index is -3.69. The van der Waals surface area contributed by atoms with Gasteiger partial charge in [-0.05, 0) is 37.9 Å². The van der Waals surface area contributed by atoms with E-state index < -0.39 is 14.9 Å². The lowest BCUT2D eigenvalue weighted by atomic mass is 9.99. The molecule has 0 aliphatic carbocycles. The lowest BCUT2D eigenvalue weighted by Gasteiger charge is -2.32. The number of benzene rings is 1. The van der Waals surface area contributed by atoms with E-state index in [1.54, 1.807) is 0 Å². The number of sulfonamides is 1. The van der Waals surface area contributed by atoms with E-state index in [9.17, 15) is 18.5 Å². The van der Waals surface area contributed by atoms with Crippen molar-refractivity contribution in [3.05, 3.63) is 28.3 Å². The van der Waals surface area contributed by atoms with Crippen LogP contribution in [-0.4, -0.2) is 33.5 Å². The molecule has 1 saturated heterocycles. The summed E-state index contributed by atoms with van der Waals surface area (Å²) in [5.41, 5.74) is 0.321. The van der Waals surface area contributed by atoms with Gasteiger partial charge in [-0.3, -0.25) is 10.1 Å². The van der Waals surface area contributed by atoms with Crippen LogP contribution in [0.1, 0.15) is 19.8 Å². The summed E-state index contributed by atoms with van der Waals surface area (Å²) in [5.74, 6) is 0.471. The first-order valence-corrected chi connectivity index (χ1v) is 8.30. The van der Waals surface area contributed by atoms with Gasteiger partial charge in [0.2, 0.25) is 10.0 Å². The molecule has 1 heterocycles. The number of nitrogens with zero attached hydrogens (tertiary/aromatic N) is 2. The smallest absolute Gasteiger partial charge is 0.293 e. The van der Waals surface area contributed by atoms with Crippen molar-refractivity contribution in [1.82, 2.24) is 4.72 Å². The van der Waals surface area contributed by atoms with Gasteiger partial charge in [0.1, 0.15) is 5.69 Å². The first-order chi connectivity index (χ1) is 9.85. The van der Waals surface area contributed by atoms with Gasteiger partial charge in [-0.15, -0.1) is 0 Å². The number of anilines is 1. The molecule has 0 spiro atoms. The van der Waals surface area contributed by atoms with Gasteiger partial charge in [0.15, 0.2) is 0 Å². The molecule has 1 atom stereocenters. The molecule has 1 fully saturated rings. The number of piperidine rings is 1. The van der Waals surface area contributed by atoms with Crippen LogP contribution in [0.2, 0.25) is 0 Å². The van der Waals surface area contributed by atoms with Crippen LogP contribution in [-0.2, 0) is 10.0 Å². The second-order valence-corrected chi connectivity index (χ2v) is 7.20. The number of nitro benzene ring substituents is 1. The molecule has 0 saturated carbocycles. The standard InChI is InChI=1S/C13H19N3O4S/c1-10-4-3-7-15(9-10)12-6-5-11(21(19,20)14-2)8-13(12)16(17)18/h5-6,8,10,14H,3-4,7,9H2,1-2H3. The van der Waals surface area contributed by atoms with Crippen molar-refractivity contribution in [3.8, 4) is 0 Å². The van der Waals surface area contributed by atoms with Crippen molar-refractivity contribution in [3.63, 3.8) is 0 Å². The van der Waals surface area contributed by atoms with Gasteiger partial charge >= 0.3 is 0 Å². The van der Waals surface area contributed by atoms with Crippen molar-refractivity contribution >= 4 is 21.4 Å². The zero-order chi connectivity index (χ0) is 15.6. The summed E-state index contributed by atoms with van der Waals surface area (Å²) in [6, 6.07) is 4.06. The SMILES string of the molecule is CNS(=O)(=O)c1ccc(N2CCCC(C)C2)c([N+](=O)[O-])c1. The Bertz CT molecular complexity index is 645. The van der Waals surface area contributed by atoms with E-state index in [1.165, 1.54) is 19.2 Å². The third-order valence-electron chi connectivity index (χ3n) is 3.72. The van der Waals surface area contributed by atoms with Crippen molar-refractivity contribution in [1.29, 1.82) is 0 Å². The van der Waals surface area contributed by atoms with Gasteiger partial charge < -0.3 is 4.90 Å². The van der Waals surface area contributed by atoms with Crippen LogP contribution in [0.4, 0.5) is 11.4 Å². The molecular weight excluding hydrogens is 294 g/mol. The molecule has 1 aromatic carbocycles. The Balaban J connectivity index is 2.45. The van der Waals surface area contributed by atoms with Crippen molar-refractivity contribution in [2.75, 3.05) is 25.0 Å². The molecular formula is C13H19N3O4S. The van der Waals surface area contributed by atoms with E-state index in [-0.39, 0.29) is 10.6 Å². The molecule has 116 valence electrons. The Labute approximate surface area is 124 Å². The number of nitro groups is 1. The lowest BCUT2D eigenvalue weighted by Crippen LogP contribution is -2.34. The summed E-state index contributed by atoms with van der Waals surface area (Å²) in [6.07, 6.45) is 2.09. The summed E-state index contributed by atoms with van der Waals surface area (Å²) in [4.78, 5) is 12.6. The maximum absolute atomic E-state index is 11.8. The first-order valence-electron chi connectivity index (χ1n) is 6.82. The van der Waals surface area contributed by atoms with Crippen molar-refractivity contribution in [2.45, 2.75) is 24.7 Å². The highest BCUT2D eigenvalue weighted by Crippen LogP contribution is 2.33. The topological polar surface area (TPSA) is 92.6 Å². The molecule has 2 rings (SSSR count). The number of hydrogen-bond donors (Lipinski definition) is 1. The highest BCUT2D eigenvalue weighted by molar-refractivity contribution is 7.89. The van der Waals surface area contributed by atoms with Crippen LogP contribution in [0.5, 0.6) is 0 Å². The van der Waals surface area contributed by atoms with Gasteiger partial charge in [-0.2, -0.15) is 0 Å². The van der Waals surface area contributed by atoms with Crippen LogP contribution < -0.4 is 9.62 Å². The van der Waals surface area contributed by atoms with E-state index in [2.05, 4.69) is 11.6 Å². The van der Waals surface area contributed by atoms with Crippen molar-refractivity contribution < 1.29 is 13.3 Å². The number of rotatable bonds is 4. The van der Waals surface area contributed by atoms with Gasteiger partial charge in [-0.25, -0.2) is 13.1 Å². The minimum absolute atomic E-state index is 0.0921. The summed E-state index contributed by atoms with van der Waals surface area (Å²) < 4.78 is 25.7. The fourth-order valence-electron chi connectivity index (χ4n) is 2.61. The van der Waals surface area contributed by atoms with Crippen LogP contribution in [0.15, 0.2) is 23.1 Å². The maximum atomic E-state index is 11.8. The normalized spacial score (nSPS) is 19.5. The second-order valence-electron chi connectivity index (χ2n) is 5.31. The molecule has 1 aliphatic rings. The molecule has 1 aromatic rings. The third kappa shape index (κ3) is 3.33. The van der Waals surface area contributed by atoms with Crippen LogP contribution in [0, 0.1) is 16.0 Å². The van der Waals surface area contributed by atoms with Gasteiger partial charge in [0.25, 0.3) is 5.69 Å². The fourth-order valence-corrected chi connectivity index (χ4v) is 3.36. The fraction of sp³-hybridized carbons (Fsp3) is 0.538. The van der Waals surface area contributed by atoms with E-state index in [1.807, 2.05) is 4.90 Å². The second kappa shape index (κ2) is 5.98. The third-order valence-corrected chi connectivity index (χ3v) is 5.13. The molecule has 8 heteroatoms. The lowest BCUT2D eigenvalue weighted by molar-refractivity contribution is -0.384. The van der Waals surface area contributed by atoms with Crippen LogP contribution in [0.25, 0.3) is 0 Å². The zero-order valence-corrected chi connectivity index (χ0v) is 12.9. The highest BCUT2D eigenvalue weighted by Gasteiger charge is 2.26. The molecule has 0 radical (unpaired) electrons. The summed E-state index contributed by atoms with van der Waals surface area (Å²) in [5, 5.41) is 11.3. The highest BCUT2D eigenvalue weighted by atomic mass is 32.2. The first kappa shape index (κ1) is 15.7. The Kier molecular flexibility index (Phi) is 4.48. The van der Waals surface area contributed by atoms with Gasteiger partial charge in [-0.1, -0.05) is 6.92 Å². The molecule has 21 heavy (non-hydrogen) atoms. The largest absolute Gasteiger partial charge is 0.366 e. The molecule has 1 unspecified atom stereocenters. The quantitative estimate of drug-likeness (QED) is 0.675. The average molecular weight is 313 g/mol. The molecule has 0 amide bonds. The van der Waals surface area contributed by atoms with E-state index in [0.29, 0.717) is 11.6 Å². The molecule has 7 nitrogen and oxygen atoms in total. The van der Waals surface area contributed by atoms with Gasteiger partial charge in [0, 0.05) is 19.2 Å². The van der Waals surface area contributed by atoms with Crippen LogP contribution in [0.3, 0.4) is 0 Å². The predicted octanol–water partition coefficient (Wildman–Crippen LogP) is 1.74. The summed E-state index contributed by atoms with van der Waals surface area (Å²) in [7, 11) is -2.41. The Morgan fingerprint density at radius 2 is 2.14 bits per heavy atom.